The number of ether oxygens (including phenoxy) is 1. The summed E-state index contributed by atoms with van der Waals surface area (Å²) < 4.78 is 6.65. The van der Waals surface area contributed by atoms with Gasteiger partial charge in [0.05, 0.1) is 7.11 Å². The van der Waals surface area contributed by atoms with E-state index in [1.54, 1.807) is 7.11 Å². The molecule has 1 aliphatic rings. The second-order valence-corrected chi connectivity index (χ2v) is 8.16. The van der Waals surface area contributed by atoms with E-state index in [0.29, 0.717) is 22.8 Å². The van der Waals surface area contributed by atoms with Gasteiger partial charge >= 0.3 is 0 Å². The molecule has 0 bridgehead atoms. The molecule has 1 aromatic rings. The predicted molar refractivity (Wildman–Crippen MR) is 92.9 cm³/mol. The Hall–Kier alpha value is -0.540. The van der Waals surface area contributed by atoms with Gasteiger partial charge in [-0.2, -0.15) is 0 Å². The Morgan fingerprint density at radius 1 is 1.24 bits per heavy atom. The van der Waals surface area contributed by atoms with Gasteiger partial charge in [0, 0.05) is 10.5 Å². The van der Waals surface area contributed by atoms with Crippen LogP contribution in [0.1, 0.15) is 40.2 Å². The minimum absolute atomic E-state index is 0.388. The first-order valence-corrected chi connectivity index (χ1v) is 8.60. The number of likely N-dealkylation sites (N-methyl/N-ethyl adjacent to an activating group) is 1. The normalized spacial score (nSPS) is 21.1. The highest BCUT2D eigenvalue weighted by Gasteiger charge is 2.66. The Bertz CT molecular complexity index is 496. The summed E-state index contributed by atoms with van der Waals surface area (Å²) in [5.41, 5.74) is 2.05. The van der Waals surface area contributed by atoms with Crippen molar-refractivity contribution in [1.82, 2.24) is 5.32 Å². The van der Waals surface area contributed by atoms with Crippen LogP contribution in [0.25, 0.3) is 0 Å². The molecule has 1 aromatic carbocycles. The van der Waals surface area contributed by atoms with E-state index in [0.717, 1.165) is 23.2 Å². The lowest BCUT2D eigenvalue weighted by atomic mass is 9.96. The van der Waals surface area contributed by atoms with Gasteiger partial charge in [-0.3, -0.25) is 0 Å². The fourth-order valence-corrected chi connectivity index (χ4v) is 4.38. The van der Waals surface area contributed by atoms with E-state index < -0.39 is 0 Å². The molecule has 1 saturated carbocycles. The molecule has 1 aliphatic carbocycles. The number of halogens is 1. The maximum absolute atomic E-state index is 5.53. The smallest absolute Gasteiger partial charge is 0.122 e. The molecular weight excluding hydrogens is 326 g/mol. The average Bonchev–Trinajstić information content (AvgIpc) is 2.79. The molecule has 0 amide bonds. The second kappa shape index (κ2) is 5.92. The van der Waals surface area contributed by atoms with Gasteiger partial charge in [-0.1, -0.05) is 50.5 Å². The number of hydrogen-bond acceptors (Lipinski definition) is 2. The van der Waals surface area contributed by atoms with Crippen LogP contribution < -0.4 is 10.1 Å². The summed E-state index contributed by atoms with van der Waals surface area (Å²) in [5, 5.41) is 3.70. The maximum Gasteiger partial charge on any atom is 0.122 e. The highest BCUT2D eigenvalue weighted by molar-refractivity contribution is 9.10. The molecule has 118 valence electrons. The van der Waals surface area contributed by atoms with E-state index in [1.807, 2.05) is 12.1 Å². The van der Waals surface area contributed by atoms with Crippen LogP contribution in [0, 0.1) is 16.7 Å². The topological polar surface area (TPSA) is 21.3 Å². The zero-order valence-electron chi connectivity index (χ0n) is 14.1. The third-order valence-electron chi connectivity index (χ3n) is 5.68. The van der Waals surface area contributed by atoms with Crippen molar-refractivity contribution in [2.75, 3.05) is 13.7 Å². The first-order valence-electron chi connectivity index (χ1n) is 7.81. The molecule has 0 radical (unpaired) electrons. The summed E-state index contributed by atoms with van der Waals surface area (Å²) in [6, 6.07) is 6.76. The van der Waals surface area contributed by atoms with E-state index in [-0.39, 0.29) is 0 Å². The van der Waals surface area contributed by atoms with Gasteiger partial charge in [-0.25, -0.2) is 0 Å². The van der Waals surface area contributed by atoms with E-state index in [9.17, 15) is 0 Å². The highest BCUT2D eigenvalue weighted by Crippen LogP contribution is 2.69. The van der Waals surface area contributed by atoms with Crippen molar-refractivity contribution in [1.29, 1.82) is 0 Å². The Morgan fingerprint density at radius 3 is 2.33 bits per heavy atom. The van der Waals surface area contributed by atoms with Gasteiger partial charge in [0.2, 0.25) is 0 Å². The van der Waals surface area contributed by atoms with E-state index in [4.69, 9.17) is 4.74 Å². The second-order valence-electron chi connectivity index (χ2n) is 7.25. The first kappa shape index (κ1) is 16.8. The monoisotopic (exact) mass is 353 g/mol. The number of methoxy groups -OCH3 is 1. The number of rotatable bonds is 6. The lowest BCUT2D eigenvalue weighted by molar-refractivity contribution is 0.382. The molecule has 1 atom stereocenters. The lowest BCUT2D eigenvalue weighted by Gasteiger charge is -2.22. The summed E-state index contributed by atoms with van der Waals surface area (Å²) in [6.07, 6.45) is 1.01. The molecule has 1 N–H and O–H groups in total. The minimum Gasteiger partial charge on any atom is -0.496 e. The van der Waals surface area contributed by atoms with Gasteiger partial charge in [0.1, 0.15) is 5.75 Å². The molecule has 1 unspecified atom stereocenters. The van der Waals surface area contributed by atoms with Crippen LogP contribution >= 0.6 is 15.9 Å². The Labute approximate surface area is 137 Å². The van der Waals surface area contributed by atoms with Crippen molar-refractivity contribution in [2.45, 2.75) is 47.1 Å². The van der Waals surface area contributed by atoms with Crippen LogP contribution in [0.4, 0.5) is 0 Å². The van der Waals surface area contributed by atoms with Crippen LogP contribution in [0.2, 0.25) is 0 Å². The minimum atomic E-state index is 0.388. The molecule has 0 aromatic heterocycles. The van der Waals surface area contributed by atoms with Gasteiger partial charge in [-0.15, -0.1) is 0 Å². The number of benzene rings is 1. The Balaban J connectivity index is 2.24. The quantitative estimate of drug-likeness (QED) is 0.802. The Morgan fingerprint density at radius 2 is 1.86 bits per heavy atom. The van der Waals surface area contributed by atoms with Crippen LogP contribution in [0.15, 0.2) is 22.7 Å². The fraction of sp³-hybridized carbons (Fsp3) is 0.667. The Kier molecular flexibility index (Phi) is 4.75. The highest BCUT2D eigenvalue weighted by atomic mass is 79.9. The van der Waals surface area contributed by atoms with Gasteiger partial charge < -0.3 is 10.1 Å². The van der Waals surface area contributed by atoms with Gasteiger partial charge in [0.25, 0.3) is 0 Å². The number of nitrogens with one attached hydrogen (secondary N) is 1. The molecule has 0 spiro atoms. The predicted octanol–water partition coefficient (Wildman–Crippen LogP) is 4.66. The van der Waals surface area contributed by atoms with Crippen molar-refractivity contribution in [3.8, 4) is 5.75 Å². The van der Waals surface area contributed by atoms with E-state index >= 15 is 0 Å². The third kappa shape index (κ3) is 3.00. The molecule has 0 heterocycles. The lowest BCUT2D eigenvalue weighted by Crippen LogP contribution is -2.35. The van der Waals surface area contributed by atoms with Crippen LogP contribution in [0.5, 0.6) is 5.75 Å². The molecule has 0 aliphatic heterocycles. The zero-order valence-corrected chi connectivity index (χ0v) is 15.7. The first-order chi connectivity index (χ1) is 9.75. The van der Waals surface area contributed by atoms with Crippen molar-refractivity contribution >= 4 is 15.9 Å². The summed E-state index contributed by atoms with van der Waals surface area (Å²) >= 11 is 3.58. The molecule has 3 heteroatoms. The molecule has 0 saturated heterocycles. The van der Waals surface area contributed by atoms with Gasteiger partial charge in [0.15, 0.2) is 0 Å². The molecule has 2 rings (SSSR count). The number of hydrogen-bond donors (Lipinski definition) is 1. The van der Waals surface area contributed by atoms with Crippen molar-refractivity contribution < 1.29 is 4.74 Å². The van der Waals surface area contributed by atoms with Crippen LogP contribution in [0.3, 0.4) is 0 Å². The summed E-state index contributed by atoms with van der Waals surface area (Å²) in [7, 11) is 1.75. The molecule has 1 fully saturated rings. The largest absolute Gasteiger partial charge is 0.496 e. The maximum atomic E-state index is 5.53. The van der Waals surface area contributed by atoms with Gasteiger partial charge in [-0.05, 0) is 53.5 Å². The summed E-state index contributed by atoms with van der Waals surface area (Å²) in [4.78, 5) is 0. The van der Waals surface area contributed by atoms with Crippen LogP contribution in [-0.4, -0.2) is 19.7 Å². The van der Waals surface area contributed by atoms with E-state index in [1.165, 1.54) is 5.56 Å². The molecule has 2 nitrogen and oxygen atoms in total. The van der Waals surface area contributed by atoms with Crippen molar-refractivity contribution in [2.24, 2.45) is 16.7 Å². The third-order valence-corrected chi connectivity index (χ3v) is 6.18. The standard InChI is InChI=1S/C18H28BrNO/c1-7-20-14(16-17(2,3)18(16,4)5)11-12-10-13(19)8-9-15(12)21-6/h8-10,14,16,20H,7,11H2,1-6H3. The zero-order chi connectivity index (χ0) is 15.8. The molecule has 21 heavy (non-hydrogen) atoms. The average molecular weight is 354 g/mol. The fourth-order valence-electron chi connectivity index (χ4n) is 3.97. The summed E-state index contributed by atoms with van der Waals surface area (Å²) in [5.74, 6) is 1.67. The van der Waals surface area contributed by atoms with Crippen molar-refractivity contribution in [3.05, 3.63) is 28.2 Å². The SMILES string of the molecule is CCNC(Cc1cc(Br)ccc1OC)C1C(C)(C)C1(C)C. The van der Waals surface area contributed by atoms with E-state index in [2.05, 4.69) is 61.9 Å². The summed E-state index contributed by atoms with van der Waals surface area (Å²) in [6.45, 7) is 12.7. The molecular formula is C18H28BrNO. The van der Waals surface area contributed by atoms with Crippen molar-refractivity contribution in [3.63, 3.8) is 0 Å². The van der Waals surface area contributed by atoms with Crippen LogP contribution in [-0.2, 0) is 6.42 Å².